The Morgan fingerprint density at radius 3 is 2.84 bits per heavy atom. The van der Waals surface area contributed by atoms with Crippen molar-refractivity contribution >= 4 is 11.4 Å². The summed E-state index contributed by atoms with van der Waals surface area (Å²) in [5, 5.41) is 14.4. The standard InChI is InChI=1S/C14H20N2O3/c1-10-5-4-6-12(16(17)18)13(10)15-11-7-8-19-14(2,3)9-11/h4-6,11,15H,7-9H2,1-3H3. The van der Waals surface area contributed by atoms with E-state index in [-0.39, 0.29) is 22.3 Å². The summed E-state index contributed by atoms with van der Waals surface area (Å²) < 4.78 is 5.67. The maximum Gasteiger partial charge on any atom is 0.292 e. The van der Waals surface area contributed by atoms with E-state index in [1.54, 1.807) is 12.1 Å². The van der Waals surface area contributed by atoms with Crippen molar-refractivity contribution < 1.29 is 9.66 Å². The summed E-state index contributed by atoms with van der Waals surface area (Å²) in [6.45, 7) is 6.67. The molecule has 1 unspecified atom stereocenters. The summed E-state index contributed by atoms with van der Waals surface area (Å²) in [5.41, 5.74) is 1.51. The maximum absolute atomic E-state index is 11.1. The second-order valence-corrected chi connectivity index (χ2v) is 5.67. The summed E-state index contributed by atoms with van der Waals surface area (Å²) in [7, 11) is 0. The molecule has 0 bridgehead atoms. The minimum atomic E-state index is -0.334. The number of anilines is 1. The highest BCUT2D eigenvalue weighted by molar-refractivity contribution is 5.66. The Kier molecular flexibility index (Phi) is 3.75. The molecule has 5 heteroatoms. The molecule has 1 saturated heterocycles. The number of hydrogen-bond donors (Lipinski definition) is 1. The zero-order valence-electron chi connectivity index (χ0n) is 11.6. The van der Waals surface area contributed by atoms with Gasteiger partial charge in [0, 0.05) is 18.7 Å². The molecule has 1 aromatic carbocycles. The molecule has 1 atom stereocenters. The Bertz CT molecular complexity index is 486. The fraction of sp³-hybridized carbons (Fsp3) is 0.571. The molecule has 5 nitrogen and oxygen atoms in total. The number of aryl methyl sites for hydroxylation is 1. The van der Waals surface area contributed by atoms with Gasteiger partial charge in [0.1, 0.15) is 5.69 Å². The van der Waals surface area contributed by atoms with Crippen molar-refractivity contribution in [2.75, 3.05) is 11.9 Å². The monoisotopic (exact) mass is 264 g/mol. The van der Waals surface area contributed by atoms with Crippen LogP contribution in [0, 0.1) is 17.0 Å². The quantitative estimate of drug-likeness (QED) is 0.672. The Labute approximate surface area is 113 Å². The van der Waals surface area contributed by atoms with Crippen molar-refractivity contribution in [2.24, 2.45) is 0 Å². The van der Waals surface area contributed by atoms with Gasteiger partial charge >= 0.3 is 0 Å². The Balaban J connectivity index is 2.21. The molecule has 1 heterocycles. The molecule has 0 radical (unpaired) electrons. The van der Waals surface area contributed by atoms with Crippen molar-refractivity contribution in [3.63, 3.8) is 0 Å². The second-order valence-electron chi connectivity index (χ2n) is 5.67. The van der Waals surface area contributed by atoms with Crippen molar-refractivity contribution in [3.05, 3.63) is 33.9 Å². The van der Waals surface area contributed by atoms with E-state index in [0.717, 1.165) is 18.4 Å². The molecule has 0 amide bonds. The number of ether oxygens (including phenoxy) is 1. The van der Waals surface area contributed by atoms with Crippen LogP contribution in [0.1, 0.15) is 32.3 Å². The molecular formula is C14H20N2O3. The van der Waals surface area contributed by atoms with Crippen LogP contribution in [0.4, 0.5) is 11.4 Å². The minimum absolute atomic E-state index is 0.143. The number of nitrogens with zero attached hydrogens (tertiary/aromatic N) is 1. The largest absolute Gasteiger partial charge is 0.376 e. The molecule has 2 rings (SSSR count). The Hall–Kier alpha value is -1.62. The van der Waals surface area contributed by atoms with Gasteiger partial charge in [0.15, 0.2) is 0 Å². The molecule has 0 spiro atoms. The highest BCUT2D eigenvalue weighted by Gasteiger charge is 2.30. The van der Waals surface area contributed by atoms with Crippen LogP contribution in [-0.4, -0.2) is 23.2 Å². The van der Waals surface area contributed by atoms with E-state index in [4.69, 9.17) is 4.74 Å². The van der Waals surface area contributed by atoms with Gasteiger partial charge in [-0.3, -0.25) is 10.1 Å². The summed E-state index contributed by atoms with van der Waals surface area (Å²) in [6.07, 6.45) is 1.72. The molecule has 1 aromatic rings. The van der Waals surface area contributed by atoms with Gasteiger partial charge in [0.05, 0.1) is 10.5 Å². The summed E-state index contributed by atoms with van der Waals surface area (Å²) in [5.74, 6) is 0. The molecule has 1 N–H and O–H groups in total. The number of nitro benzene ring substituents is 1. The predicted octanol–water partition coefficient (Wildman–Crippen LogP) is 3.27. The van der Waals surface area contributed by atoms with Crippen molar-refractivity contribution in [1.82, 2.24) is 0 Å². The second kappa shape index (κ2) is 5.17. The van der Waals surface area contributed by atoms with Crippen LogP contribution in [-0.2, 0) is 4.74 Å². The van der Waals surface area contributed by atoms with Gasteiger partial charge in [0.25, 0.3) is 5.69 Å². The van der Waals surface area contributed by atoms with Gasteiger partial charge in [0.2, 0.25) is 0 Å². The van der Waals surface area contributed by atoms with Crippen LogP contribution < -0.4 is 5.32 Å². The summed E-state index contributed by atoms with van der Waals surface area (Å²) >= 11 is 0. The van der Waals surface area contributed by atoms with E-state index in [9.17, 15) is 10.1 Å². The van der Waals surface area contributed by atoms with Gasteiger partial charge in [-0.2, -0.15) is 0 Å². The van der Waals surface area contributed by atoms with Crippen molar-refractivity contribution in [1.29, 1.82) is 0 Å². The van der Waals surface area contributed by atoms with Crippen LogP contribution in [0.5, 0.6) is 0 Å². The molecule has 1 aliphatic heterocycles. The molecule has 104 valence electrons. The molecule has 19 heavy (non-hydrogen) atoms. The normalized spacial score (nSPS) is 21.9. The number of hydrogen-bond acceptors (Lipinski definition) is 4. The predicted molar refractivity (Wildman–Crippen MR) is 74.5 cm³/mol. The highest BCUT2D eigenvalue weighted by Crippen LogP contribution is 2.32. The topological polar surface area (TPSA) is 64.4 Å². The average Bonchev–Trinajstić information content (AvgIpc) is 2.30. The van der Waals surface area contributed by atoms with E-state index in [2.05, 4.69) is 5.32 Å². The van der Waals surface area contributed by atoms with E-state index < -0.39 is 0 Å². The Morgan fingerprint density at radius 2 is 2.21 bits per heavy atom. The van der Waals surface area contributed by atoms with E-state index >= 15 is 0 Å². The third-order valence-corrected chi connectivity index (χ3v) is 3.49. The lowest BCUT2D eigenvalue weighted by Crippen LogP contribution is -2.40. The number of para-hydroxylation sites is 1. The van der Waals surface area contributed by atoms with E-state index in [1.165, 1.54) is 0 Å². The Morgan fingerprint density at radius 1 is 1.47 bits per heavy atom. The molecule has 0 saturated carbocycles. The molecular weight excluding hydrogens is 244 g/mol. The maximum atomic E-state index is 11.1. The van der Waals surface area contributed by atoms with E-state index in [1.807, 2.05) is 26.8 Å². The van der Waals surface area contributed by atoms with Gasteiger partial charge in [-0.05, 0) is 39.2 Å². The zero-order valence-corrected chi connectivity index (χ0v) is 11.6. The number of nitro groups is 1. The van der Waals surface area contributed by atoms with Crippen molar-refractivity contribution in [2.45, 2.75) is 45.3 Å². The first-order valence-corrected chi connectivity index (χ1v) is 6.53. The molecule has 0 aromatic heterocycles. The lowest BCUT2D eigenvalue weighted by atomic mass is 9.93. The third-order valence-electron chi connectivity index (χ3n) is 3.49. The first kappa shape index (κ1) is 13.8. The average molecular weight is 264 g/mol. The van der Waals surface area contributed by atoms with Gasteiger partial charge in [-0.15, -0.1) is 0 Å². The van der Waals surface area contributed by atoms with Crippen LogP contribution in [0.25, 0.3) is 0 Å². The van der Waals surface area contributed by atoms with E-state index in [0.29, 0.717) is 12.3 Å². The van der Waals surface area contributed by atoms with Crippen LogP contribution in [0.2, 0.25) is 0 Å². The first-order chi connectivity index (χ1) is 8.89. The minimum Gasteiger partial charge on any atom is -0.376 e. The fourth-order valence-corrected chi connectivity index (χ4v) is 2.55. The van der Waals surface area contributed by atoms with Crippen LogP contribution >= 0.6 is 0 Å². The molecule has 0 aliphatic carbocycles. The lowest BCUT2D eigenvalue weighted by molar-refractivity contribution is -0.384. The highest BCUT2D eigenvalue weighted by atomic mass is 16.6. The van der Waals surface area contributed by atoms with Crippen molar-refractivity contribution in [3.8, 4) is 0 Å². The number of benzene rings is 1. The first-order valence-electron chi connectivity index (χ1n) is 6.53. The fourth-order valence-electron chi connectivity index (χ4n) is 2.55. The summed E-state index contributed by atoms with van der Waals surface area (Å²) in [6, 6.07) is 5.36. The summed E-state index contributed by atoms with van der Waals surface area (Å²) in [4.78, 5) is 10.8. The van der Waals surface area contributed by atoms with Gasteiger partial charge in [-0.1, -0.05) is 12.1 Å². The smallest absolute Gasteiger partial charge is 0.292 e. The van der Waals surface area contributed by atoms with Crippen LogP contribution in [0.3, 0.4) is 0 Å². The SMILES string of the molecule is Cc1cccc([N+](=O)[O-])c1NC1CCOC(C)(C)C1. The zero-order chi connectivity index (χ0) is 14.0. The lowest BCUT2D eigenvalue weighted by Gasteiger charge is -2.36. The van der Waals surface area contributed by atoms with Crippen LogP contribution in [0.15, 0.2) is 18.2 Å². The van der Waals surface area contributed by atoms with Gasteiger partial charge < -0.3 is 10.1 Å². The number of rotatable bonds is 3. The molecule has 1 fully saturated rings. The number of nitrogens with one attached hydrogen (secondary N) is 1. The van der Waals surface area contributed by atoms with Gasteiger partial charge in [-0.25, -0.2) is 0 Å². The molecule has 1 aliphatic rings. The third kappa shape index (κ3) is 3.23.